The second kappa shape index (κ2) is 10.00. The van der Waals surface area contributed by atoms with Gasteiger partial charge in [0.1, 0.15) is 6.61 Å². The second-order valence-corrected chi connectivity index (χ2v) is 7.89. The van der Waals surface area contributed by atoms with Crippen molar-refractivity contribution in [2.75, 3.05) is 11.9 Å². The average Bonchev–Trinajstić information content (AvgIpc) is 2.65. The number of anilines is 1. The zero-order chi connectivity index (χ0) is 18.9. The molecule has 0 aliphatic carbocycles. The normalized spacial score (nSPS) is 11.6. The first-order valence-electron chi connectivity index (χ1n) is 7.55. The molecule has 2 aromatic rings. The molecule has 1 aromatic heterocycles. The van der Waals surface area contributed by atoms with Gasteiger partial charge in [-0.2, -0.15) is 0 Å². The van der Waals surface area contributed by atoms with Crippen molar-refractivity contribution in [3.05, 3.63) is 58.3 Å². The molecule has 10 heteroatoms. The molecule has 1 heterocycles. The Kier molecular flexibility index (Phi) is 7.70. The molecule has 1 aromatic carbocycles. The van der Waals surface area contributed by atoms with Crippen molar-refractivity contribution in [2.24, 2.45) is 0 Å². The molecule has 26 heavy (non-hydrogen) atoms. The minimum Gasteiger partial charge on any atom is -0.448 e. The van der Waals surface area contributed by atoms with Crippen molar-refractivity contribution >= 4 is 39.2 Å². The number of aliphatic hydroxyl groups excluding tert-OH is 1. The number of aromatic nitrogens is 1. The SMILES string of the molecule is C[C@H](COC(=O)Nc1ccc(CO)cc1)SSc1ccc([N+](=O)[O-])nc1. The quantitative estimate of drug-likeness (QED) is 0.393. The summed E-state index contributed by atoms with van der Waals surface area (Å²) in [5, 5.41) is 22.2. The molecule has 0 bridgehead atoms. The van der Waals surface area contributed by atoms with Gasteiger partial charge in [-0.05, 0) is 40.6 Å². The van der Waals surface area contributed by atoms with Crippen LogP contribution in [0.4, 0.5) is 16.3 Å². The molecule has 0 radical (unpaired) electrons. The molecule has 0 spiro atoms. The van der Waals surface area contributed by atoms with Crippen LogP contribution in [-0.2, 0) is 11.3 Å². The Hall–Kier alpha value is -2.30. The van der Waals surface area contributed by atoms with Crippen LogP contribution in [0.15, 0.2) is 47.5 Å². The van der Waals surface area contributed by atoms with E-state index in [0.29, 0.717) is 5.69 Å². The maximum Gasteiger partial charge on any atom is 0.411 e. The van der Waals surface area contributed by atoms with Crippen molar-refractivity contribution in [2.45, 2.75) is 23.7 Å². The van der Waals surface area contributed by atoms with Crippen LogP contribution in [0.5, 0.6) is 0 Å². The lowest BCUT2D eigenvalue weighted by atomic mass is 10.2. The van der Waals surface area contributed by atoms with E-state index in [1.807, 2.05) is 6.92 Å². The fourth-order valence-electron chi connectivity index (χ4n) is 1.74. The summed E-state index contributed by atoms with van der Waals surface area (Å²) in [4.78, 5) is 26.3. The third-order valence-electron chi connectivity index (χ3n) is 3.05. The van der Waals surface area contributed by atoms with Crippen LogP contribution in [0.1, 0.15) is 12.5 Å². The molecule has 2 rings (SSSR count). The van der Waals surface area contributed by atoms with E-state index in [-0.39, 0.29) is 24.3 Å². The Morgan fingerprint density at radius 3 is 2.65 bits per heavy atom. The lowest BCUT2D eigenvalue weighted by molar-refractivity contribution is -0.389. The molecule has 2 N–H and O–H groups in total. The maximum absolute atomic E-state index is 11.8. The summed E-state index contributed by atoms with van der Waals surface area (Å²) in [6.45, 7) is 2.06. The van der Waals surface area contributed by atoms with Crippen molar-refractivity contribution in [1.82, 2.24) is 4.98 Å². The number of nitrogens with one attached hydrogen (secondary N) is 1. The van der Waals surface area contributed by atoms with E-state index in [0.717, 1.165) is 10.5 Å². The number of hydrogen-bond acceptors (Lipinski definition) is 8. The number of hydrogen-bond donors (Lipinski definition) is 2. The van der Waals surface area contributed by atoms with Gasteiger partial charge in [-0.3, -0.25) is 5.32 Å². The van der Waals surface area contributed by atoms with Gasteiger partial charge in [0.2, 0.25) is 0 Å². The molecule has 8 nitrogen and oxygen atoms in total. The van der Waals surface area contributed by atoms with Crippen LogP contribution in [0.25, 0.3) is 0 Å². The van der Waals surface area contributed by atoms with Crippen molar-refractivity contribution in [3.63, 3.8) is 0 Å². The Bertz CT molecular complexity index is 741. The summed E-state index contributed by atoms with van der Waals surface area (Å²) < 4.78 is 5.16. The first kappa shape index (κ1) is 20.0. The molecule has 1 amide bonds. The summed E-state index contributed by atoms with van der Waals surface area (Å²) in [6.07, 6.45) is 0.878. The van der Waals surface area contributed by atoms with E-state index in [4.69, 9.17) is 9.84 Å². The topological polar surface area (TPSA) is 115 Å². The van der Waals surface area contributed by atoms with Crippen LogP contribution >= 0.6 is 21.6 Å². The van der Waals surface area contributed by atoms with E-state index in [1.54, 1.807) is 30.3 Å². The minimum atomic E-state index is -0.559. The number of aliphatic hydroxyl groups is 1. The number of benzene rings is 1. The number of nitrogens with zero attached hydrogens (tertiary/aromatic N) is 2. The van der Waals surface area contributed by atoms with Crippen LogP contribution in [0, 0.1) is 10.1 Å². The molecular formula is C16H17N3O5S2. The van der Waals surface area contributed by atoms with Crippen LogP contribution in [0.3, 0.4) is 0 Å². The van der Waals surface area contributed by atoms with Crippen molar-refractivity contribution in [1.29, 1.82) is 0 Å². The number of amides is 1. The summed E-state index contributed by atoms with van der Waals surface area (Å²) in [6, 6.07) is 9.76. The molecule has 0 aliphatic heterocycles. The molecular weight excluding hydrogens is 378 g/mol. The fourth-order valence-corrected chi connectivity index (χ4v) is 3.64. The molecule has 0 fully saturated rings. The molecule has 138 valence electrons. The summed E-state index contributed by atoms with van der Waals surface area (Å²) in [5.41, 5.74) is 1.34. The van der Waals surface area contributed by atoms with E-state index in [1.165, 1.54) is 33.9 Å². The van der Waals surface area contributed by atoms with Gasteiger partial charge in [0.05, 0.1) is 11.5 Å². The van der Waals surface area contributed by atoms with Gasteiger partial charge in [-0.1, -0.05) is 33.7 Å². The highest BCUT2D eigenvalue weighted by Crippen LogP contribution is 2.34. The lowest BCUT2D eigenvalue weighted by Gasteiger charge is -2.11. The van der Waals surface area contributed by atoms with Crippen LogP contribution in [-0.4, -0.2) is 33.0 Å². The van der Waals surface area contributed by atoms with E-state index < -0.39 is 11.0 Å². The number of carbonyl (C=O) groups is 1. The van der Waals surface area contributed by atoms with Gasteiger partial charge in [0.25, 0.3) is 0 Å². The van der Waals surface area contributed by atoms with Gasteiger partial charge < -0.3 is 20.0 Å². The maximum atomic E-state index is 11.8. The lowest BCUT2D eigenvalue weighted by Crippen LogP contribution is -2.18. The first-order valence-corrected chi connectivity index (χ1v) is 9.76. The minimum absolute atomic E-state index is 0.0118. The van der Waals surface area contributed by atoms with Crippen molar-refractivity contribution < 1.29 is 19.6 Å². The van der Waals surface area contributed by atoms with E-state index in [9.17, 15) is 14.9 Å². The third-order valence-corrected chi connectivity index (χ3v) is 5.89. The number of rotatable bonds is 8. The van der Waals surface area contributed by atoms with Gasteiger partial charge in [-0.15, -0.1) is 0 Å². The molecule has 0 saturated heterocycles. The standard InChI is InChI=1S/C16H17N3O5S2/c1-11(25-26-14-6-7-15(17-8-14)19(22)23)10-24-16(21)18-13-4-2-12(9-20)3-5-13/h2-8,11,20H,9-10H2,1H3,(H,18,21)/t11-/m1/s1. The highest BCUT2D eigenvalue weighted by molar-refractivity contribution is 8.76. The van der Waals surface area contributed by atoms with E-state index in [2.05, 4.69) is 10.3 Å². The van der Waals surface area contributed by atoms with Gasteiger partial charge in [-0.25, -0.2) is 4.79 Å². The third kappa shape index (κ3) is 6.54. The molecule has 1 atom stereocenters. The Labute approximate surface area is 157 Å². The van der Waals surface area contributed by atoms with Crippen LogP contribution < -0.4 is 5.32 Å². The van der Waals surface area contributed by atoms with E-state index >= 15 is 0 Å². The zero-order valence-electron chi connectivity index (χ0n) is 13.8. The Morgan fingerprint density at radius 2 is 2.08 bits per heavy atom. The zero-order valence-corrected chi connectivity index (χ0v) is 15.5. The Morgan fingerprint density at radius 1 is 1.35 bits per heavy atom. The number of pyridine rings is 1. The number of carbonyl (C=O) groups excluding carboxylic acids is 1. The van der Waals surface area contributed by atoms with Crippen LogP contribution in [0.2, 0.25) is 0 Å². The highest BCUT2D eigenvalue weighted by atomic mass is 33.1. The monoisotopic (exact) mass is 395 g/mol. The van der Waals surface area contributed by atoms with Crippen molar-refractivity contribution in [3.8, 4) is 0 Å². The van der Waals surface area contributed by atoms with Gasteiger partial charge in [0.15, 0.2) is 6.20 Å². The Balaban J connectivity index is 1.70. The summed E-state index contributed by atoms with van der Waals surface area (Å²) >= 11 is 0. The second-order valence-electron chi connectivity index (χ2n) is 5.18. The van der Waals surface area contributed by atoms with Gasteiger partial charge in [0, 0.05) is 17.0 Å². The molecule has 0 unspecified atom stereocenters. The largest absolute Gasteiger partial charge is 0.448 e. The summed E-state index contributed by atoms with van der Waals surface area (Å²) in [7, 11) is 2.88. The molecule has 0 aliphatic rings. The summed E-state index contributed by atoms with van der Waals surface area (Å²) in [5.74, 6) is -0.195. The fraction of sp³-hybridized carbons (Fsp3) is 0.250. The predicted molar refractivity (Wildman–Crippen MR) is 101 cm³/mol. The highest BCUT2D eigenvalue weighted by Gasteiger charge is 2.11. The number of ether oxygens (including phenoxy) is 1. The average molecular weight is 395 g/mol. The number of nitro groups is 1. The smallest absolute Gasteiger partial charge is 0.411 e. The first-order chi connectivity index (χ1) is 12.5. The predicted octanol–water partition coefficient (Wildman–Crippen LogP) is 3.86. The van der Waals surface area contributed by atoms with Gasteiger partial charge >= 0.3 is 11.9 Å². The molecule has 0 saturated carbocycles.